The average molecular weight is 2010 g/mol. The molecule has 7 N–H and O–H groups in total. The van der Waals surface area contributed by atoms with Gasteiger partial charge < -0.3 is 35.7 Å². The van der Waals surface area contributed by atoms with E-state index in [4.69, 9.17) is 69.6 Å². The summed E-state index contributed by atoms with van der Waals surface area (Å²) in [6, 6.07) is 50.9. The highest BCUT2D eigenvalue weighted by Gasteiger charge is 2.23. The van der Waals surface area contributed by atoms with Crippen LogP contribution in [-0.2, 0) is 46.2 Å². The minimum atomic E-state index is -0.277. The molecule has 634 valence electrons. The van der Waals surface area contributed by atoms with E-state index in [1.165, 1.54) is 28.3 Å². The van der Waals surface area contributed by atoms with E-state index in [1.54, 1.807) is 139 Å². The van der Waals surface area contributed by atoms with Crippen LogP contribution in [0.25, 0.3) is 115 Å². The molecule has 0 fully saturated rings. The lowest BCUT2D eigenvalue weighted by molar-refractivity contribution is 0.276. The predicted molar refractivity (Wildman–Crippen MR) is 506 cm³/mol. The van der Waals surface area contributed by atoms with Crippen LogP contribution in [-0.4, -0.2) is 111 Å². The van der Waals surface area contributed by atoms with Gasteiger partial charge in [0.1, 0.15) is 5.82 Å². The molecule has 7 aromatic carbocycles. The van der Waals surface area contributed by atoms with Gasteiger partial charge >= 0.3 is 0 Å². The molecule has 37 heteroatoms. The lowest BCUT2D eigenvalue weighted by Crippen LogP contribution is -1.94. The Balaban J connectivity index is 0.000000113. The summed E-state index contributed by atoms with van der Waals surface area (Å²) < 4.78 is 28.1. The topological polar surface area (TPSA) is 288 Å². The molecule has 0 bridgehead atoms. The first-order chi connectivity index (χ1) is 60.7. The molecule has 0 unspecified atom stereocenters. The van der Waals surface area contributed by atoms with E-state index in [1.807, 2.05) is 180 Å². The van der Waals surface area contributed by atoms with Gasteiger partial charge in [-0.15, -0.1) is 56.7 Å². The van der Waals surface area contributed by atoms with Crippen molar-refractivity contribution < 1.29 is 40.1 Å². The first kappa shape index (κ1) is 89.8. The number of aliphatic hydroxyl groups is 7. The second-order valence-electron chi connectivity index (χ2n) is 27.0. The molecular weight excluding hydrogens is 1940 g/mol. The first-order valence-electron chi connectivity index (χ1n) is 37.6. The van der Waals surface area contributed by atoms with E-state index < -0.39 is 0 Å². The number of rotatable bonds is 14. The molecule has 14 aromatic heterocycles. The molecule has 0 amide bonds. The summed E-state index contributed by atoms with van der Waals surface area (Å²) in [6.45, 7) is 3.56. The third-order valence-corrected chi connectivity index (χ3v) is 25.9. The molecule has 21 rings (SSSR count). The number of nitrogens with zero attached hydrogens (tertiary/aromatic N) is 16. The zero-order chi connectivity index (χ0) is 87.7. The van der Waals surface area contributed by atoms with E-state index in [9.17, 15) is 40.1 Å². The van der Waals surface area contributed by atoms with Crippen LogP contribution in [0.5, 0.6) is 0 Å². The summed E-state index contributed by atoms with van der Waals surface area (Å²) >= 11 is 50.5. The van der Waals surface area contributed by atoms with Gasteiger partial charge in [-0.2, -0.15) is 0 Å². The van der Waals surface area contributed by atoms with Gasteiger partial charge in [0.05, 0.1) is 136 Å². The van der Waals surface area contributed by atoms with Crippen molar-refractivity contribution in [3.8, 4) is 78.8 Å². The van der Waals surface area contributed by atoms with E-state index >= 15 is 0 Å². The molecular formula is C88H67Br2Cl6FN16O7S5. The van der Waals surface area contributed by atoms with Crippen LogP contribution in [0.15, 0.2) is 251 Å². The van der Waals surface area contributed by atoms with E-state index in [0.717, 1.165) is 135 Å². The molecule has 0 aliphatic rings. The van der Waals surface area contributed by atoms with Crippen LogP contribution < -0.4 is 0 Å². The number of aliphatic hydroxyl groups excluding tert-OH is 7. The fourth-order valence-corrected chi connectivity index (χ4v) is 19.1. The molecule has 0 saturated heterocycles. The van der Waals surface area contributed by atoms with Gasteiger partial charge in [0.25, 0.3) is 0 Å². The van der Waals surface area contributed by atoms with Crippen molar-refractivity contribution in [3.05, 3.63) is 336 Å². The van der Waals surface area contributed by atoms with Gasteiger partial charge in [0.15, 0.2) is 24.8 Å². The number of thiazole rings is 5. The van der Waals surface area contributed by atoms with Crippen LogP contribution in [0.1, 0.15) is 49.6 Å². The van der Waals surface area contributed by atoms with E-state index in [-0.39, 0.29) is 52.1 Å². The molecule has 0 aliphatic heterocycles. The molecule has 0 spiro atoms. The number of benzene rings is 7. The Bertz CT molecular complexity index is 7070. The standard InChI is InChI=1S/C13H11BrN2OS.C13H9Cl2N3O.C13H10ClN3O.C13H11FN2OS.C12H9BrN2OS.C12H8Cl2N2OS.C12H9ClN2OS/c1-8-6-16-11(7-17)12(15-13(16)18-8)9-2-4-10(14)5-3-9;14-8-2-3-9(10(15)6-8)12-11(7-19)18-5-1-4-16-13(18)17-12;14-10-4-2-9(3-5-10)12-11(8-18)17-7-1-6-15-13(17)16-12;1-8-6-16-11(7-17)12(15-13(16)18-8)9-2-4-10(14)5-3-9;13-9-3-1-8(2-4-9)11-10(7-16)15-5-6-17-12(15)14-11;13-7-1-2-8(9(14)5-7)11-10(6-17)16-3-4-18-12(16)15-11;13-9-3-1-8(2-4-9)11-10(7-16)15-5-6-17-12(15)14-11/h2-6,17H,7H2,1H3;1-6,19H,7H2;1-7,18H,8H2;2-6,17H,7H2,1H3;1-6,16H,7H2;1-5,17H,6H2;1-6,16H,7H2. The quantitative estimate of drug-likeness (QED) is 0.0532. The molecule has 0 aliphatic carbocycles. The minimum Gasteiger partial charge on any atom is -0.390 e. The highest BCUT2D eigenvalue weighted by molar-refractivity contribution is 9.10. The lowest BCUT2D eigenvalue weighted by Gasteiger charge is -2.04. The van der Waals surface area contributed by atoms with Gasteiger partial charge in [0, 0.05) is 150 Å². The molecule has 0 radical (unpaired) electrons. The van der Waals surface area contributed by atoms with Crippen molar-refractivity contribution >= 4 is 195 Å². The van der Waals surface area contributed by atoms with Crippen molar-refractivity contribution in [2.24, 2.45) is 0 Å². The number of halogens is 9. The van der Waals surface area contributed by atoms with Crippen LogP contribution in [0, 0.1) is 19.7 Å². The van der Waals surface area contributed by atoms with Gasteiger partial charge in [-0.25, -0.2) is 49.2 Å². The maximum absolute atomic E-state index is 12.9. The van der Waals surface area contributed by atoms with Gasteiger partial charge in [-0.05, 0) is 135 Å². The monoisotopic (exact) mass is 2010 g/mol. The highest BCUT2D eigenvalue weighted by Crippen LogP contribution is 2.38. The third kappa shape index (κ3) is 19.9. The summed E-state index contributed by atoms with van der Waals surface area (Å²) in [7, 11) is 0. The Morgan fingerprint density at radius 1 is 0.320 bits per heavy atom. The molecule has 14 heterocycles. The van der Waals surface area contributed by atoms with Crippen molar-refractivity contribution in [1.29, 1.82) is 0 Å². The molecule has 21 aromatic rings. The van der Waals surface area contributed by atoms with Gasteiger partial charge in [0.2, 0.25) is 11.6 Å². The summed E-state index contributed by atoms with van der Waals surface area (Å²) in [4.78, 5) is 46.6. The number of aryl methyl sites for hydroxylation is 2. The zero-order valence-corrected chi connectivity index (χ0v) is 77.1. The van der Waals surface area contributed by atoms with Gasteiger partial charge in [-0.1, -0.05) is 150 Å². The number of imidazole rings is 7. The molecule has 0 atom stereocenters. The van der Waals surface area contributed by atoms with Crippen molar-refractivity contribution in [2.75, 3.05) is 0 Å². The molecule has 0 saturated carbocycles. The summed E-state index contributed by atoms with van der Waals surface area (Å²) in [5, 5.41) is 75.9. The number of hydrogen-bond donors (Lipinski definition) is 7. The summed E-state index contributed by atoms with van der Waals surface area (Å²) in [6.07, 6.45) is 16.7. The van der Waals surface area contributed by atoms with Crippen LogP contribution in [0.4, 0.5) is 4.39 Å². The zero-order valence-electron chi connectivity index (χ0n) is 65.3. The number of aromatic nitrogens is 16. The Kier molecular flexibility index (Phi) is 29.3. The first-order valence-corrected chi connectivity index (χ1v) is 45.7. The smallest absolute Gasteiger partial charge is 0.234 e. The molecule has 23 nitrogen and oxygen atoms in total. The maximum atomic E-state index is 12.9. The third-order valence-electron chi connectivity index (χ3n) is 19.2. The maximum Gasteiger partial charge on any atom is 0.234 e. The SMILES string of the molecule is Cc1cn2c(CO)c(-c3ccc(Br)cc3)nc2s1.Cc1cn2c(CO)c(-c3ccc(F)cc3)nc2s1.OCc1c(-c2ccc(Br)cc2)nc2sccn12.OCc1c(-c2ccc(Cl)cc2)nc2ncccn12.OCc1c(-c2ccc(Cl)cc2)nc2sccn12.OCc1c(-c2ccc(Cl)cc2Cl)nc2ncccn12.OCc1c(-c2ccc(Cl)cc2Cl)nc2sccn12. The number of fused-ring (bicyclic) bond motifs is 7. The van der Waals surface area contributed by atoms with E-state index in [2.05, 4.69) is 76.7 Å². The predicted octanol–water partition coefficient (Wildman–Crippen LogP) is 22.8. The van der Waals surface area contributed by atoms with Crippen molar-refractivity contribution in [1.82, 2.24) is 75.7 Å². The Morgan fingerprint density at radius 2 is 0.600 bits per heavy atom. The summed E-state index contributed by atoms with van der Waals surface area (Å²) in [5.74, 6) is 0.820. The fraction of sp³-hybridized carbons (Fsp3) is 0.102. The minimum absolute atomic E-state index is 0.0106. The van der Waals surface area contributed by atoms with Crippen LogP contribution >= 0.6 is 158 Å². The summed E-state index contributed by atoms with van der Waals surface area (Å²) in [5.41, 5.74) is 16.8. The second-order valence-corrected chi connectivity index (χ2v) is 36.4. The molecule has 125 heavy (non-hydrogen) atoms. The largest absolute Gasteiger partial charge is 0.390 e. The highest BCUT2D eigenvalue weighted by atomic mass is 79.9. The Hall–Kier alpha value is -10.0. The van der Waals surface area contributed by atoms with E-state index in [0.29, 0.717) is 64.5 Å². The van der Waals surface area contributed by atoms with Gasteiger partial charge in [-0.3, -0.25) is 30.8 Å². The van der Waals surface area contributed by atoms with Crippen LogP contribution in [0.3, 0.4) is 0 Å². The number of hydrogen-bond acceptors (Lipinski definition) is 21. The fourth-order valence-electron chi connectivity index (χ4n) is 13.4. The normalized spacial score (nSPS) is 11.2. The van der Waals surface area contributed by atoms with Crippen LogP contribution in [0.2, 0.25) is 30.1 Å². The Morgan fingerprint density at radius 3 is 0.960 bits per heavy atom. The lowest BCUT2D eigenvalue weighted by atomic mass is 10.1. The second kappa shape index (κ2) is 40.7. The van der Waals surface area contributed by atoms with Crippen molar-refractivity contribution in [2.45, 2.75) is 60.1 Å². The Labute approximate surface area is 778 Å². The van der Waals surface area contributed by atoms with Crippen molar-refractivity contribution in [3.63, 3.8) is 0 Å². The average Bonchev–Trinajstić information content (AvgIpc) is 1.62.